The highest BCUT2D eigenvalue weighted by atomic mass is 32.1. The predicted molar refractivity (Wildman–Crippen MR) is 76.2 cm³/mol. The molecule has 0 saturated carbocycles. The van der Waals surface area contributed by atoms with Crippen LogP contribution in [0.3, 0.4) is 0 Å². The molecule has 6 nitrogen and oxygen atoms in total. The van der Waals surface area contributed by atoms with Gasteiger partial charge in [-0.1, -0.05) is 0 Å². The summed E-state index contributed by atoms with van der Waals surface area (Å²) in [7, 11) is 0. The second kappa shape index (κ2) is 5.66. The maximum Gasteiger partial charge on any atom is 0.250 e. The van der Waals surface area contributed by atoms with Gasteiger partial charge in [0, 0.05) is 24.0 Å². The van der Waals surface area contributed by atoms with Gasteiger partial charge in [-0.05, 0) is 13.0 Å². The summed E-state index contributed by atoms with van der Waals surface area (Å²) in [5.74, 6) is 0.0229. The van der Waals surface area contributed by atoms with Crippen LogP contribution in [-0.2, 0) is 6.42 Å². The fraction of sp³-hybridized carbons (Fsp3) is 0.250. The Hall–Kier alpha value is -2.15. The van der Waals surface area contributed by atoms with Crippen LogP contribution in [0.1, 0.15) is 21.1 Å². The van der Waals surface area contributed by atoms with Gasteiger partial charge in [0.1, 0.15) is 5.82 Å². The molecule has 2 aromatic rings. The first-order valence-corrected chi connectivity index (χ1v) is 6.64. The molecule has 1 amide bonds. The molecule has 0 aromatic carbocycles. The van der Waals surface area contributed by atoms with E-state index >= 15 is 0 Å². The lowest BCUT2D eigenvalue weighted by molar-refractivity contribution is 0.100. The molecule has 100 valence electrons. The summed E-state index contributed by atoms with van der Waals surface area (Å²) in [4.78, 5) is 19.6. The van der Waals surface area contributed by atoms with E-state index in [-0.39, 0.29) is 11.3 Å². The Labute approximate surface area is 114 Å². The van der Waals surface area contributed by atoms with Crippen LogP contribution < -0.4 is 16.8 Å². The van der Waals surface area contributed by atoms with Crippen molar-refractivity contribution in [2.75, 3.05) is 17.6 Å². The third-order valence-corrected chi connectivity index (χ3v) is 3.54. The molecule has 0 saturated heterocycles. The lowest BCUT2D eigenvalue weighted by Crippen LogP contribution is -2.15. The Balaban J connectivity index is 1.96. The topological polar surface area (TPSA) is 107 Å². The number of pyridine rings is 1. The minimum absolute atomic E-state index is 0.280. The first-order chi connectivity index (χ1) is 9.06. The summed E-state index contributed by atoms with van der Waals surface area (Å²) in [5.41, 5.74) is 12.4. The van der Waals surface area contributed by atoms with Crippen LogP contribution in [0.5, 0.6) is 0 Å². The molecular formula is C12H15N5OS. The molecule has 2 rings (SSSR count). The van der Waals surface area contributed by atoms with E-state index in [1.807, 2.05) is 12.3 Å². The Bertz CT molecular complexity index is 596. The van der Waals surface area contributed by atoms with Gasteiger partial charge >= 0.3 is 0 Å². The number of nitrogen functional groups attached to an aromatic ring is 1. The molecule has 7 heteroatoms. The molecule has 0 atom stereocenters. The van der Waals surface area contributed by atoms with E-state index in [2.05, 4.69) is 15.3 Å². The van der Waals surface area contributed by atoms with Crippen molar-refractivity contribution in [3.63, 3.8) is 0 Å². The van der Waals surface area contributed by atoms with Crippen molar-refractivity contribution >= 4 is 28.7 Å². The van der Waals surface area contributed by atoms with Crippen LogP contribution in [0.4, 0.5) is 11.5 Å². The van der Waals surface area contributed by atoms with Gasteiger partial charge in [-0.15, -0.1) is 11.3 Å². The summed E-state index contributed by atoms with van der Waals surface area (Å²) in [6.45, 7) is 2.65. The smallest absolute Gasteiger partial charge is 0.250 e. The summed E-state index contributed by atoms with van der Waals surface area (Å²) >= 11 is 1.63. The Kier molecular flexibility index (Phi) is 3.96. The fourth-order valence-corrected chi connectivity index (χ4v) is 2.37. The molecule has 0 aliphatic rings. The van der Waals surface area contributed by atoms with Gasteiger partial charge in [0.05, 0.1) is 22.5 Å². The summed E-state index contributed by atoms with van der Waals surface area (Å²) in [5, 5.41) is 6.20. The van der Waals surface area contributed by atoms with Gasteiger partial charge in [-0.2, -0.15) is 0 Å². The zero-order valence-electron chi connectivity index (χ0n) is 10.5. The van der Waals surface area contributed by atoms with Gasteiger partial charge in [0.2, 0.25) is 0 Å². The minimum atomic E-state index is -0.557. The predicted octanol–water partition coefficient (Wildman–Crippen LogP) is 1.18. The van der Waals surface area contributed by atoms with E-state index in [9.17, 15) is 4.79 Å². The van der Waals surface area contributed by atoms with Crippen LogP contribution in [0, 0.1) is 6.92 Å². The largest absolute Gasteiger partial charge is 0.397 e. The van der Waals surface area contributed by atoms with E-state index in [4.69, 9.17) is 11.5 Å². The quantitative estimate of drug-likeness (QED) is 0.760. The van der Waals surface area contributed by atoms with Crippen molar-refractivity contribution in [2.45, 2.75) is 13.3 Å². The standard InChI is InChI=1S/C12H15N5OS/c1-7-6-19-11(17-7)2-3-15-10-4-8(12(14)18)9(13)5-16-10/h4-6H,2-3,13H2,1H3,(H2,14,18)(H,15,16). The molecule has 0 aliphatic carbocycles. The van der Waals surface area contributed by atoms with Crippen LogP contribution in [0.15, 0.2) is 17.6 Å². The van der Waals surface area contributed by atoms with Crippen LogP contribution >= 0.6 is 11.3 Å². The van der Waals surface area contributed by atoms with Crippen LogP contribution in [0.25, 0.3) is 0 Å². The number of amides is 1. The van der Waals surface area contributed by atoms with E-state index in [1.54, 1.807) is 17.4 Å². The van der Waals surface area contributed by atoms with Crippen molar-refractivity contribution in [1.82, 2.24) is 9.97 Å². The number of hydrogen-bond acceptors (Lipinski definition) is 6. The molecule has 0 aliphatic heterocycles. The van der Waals surface area contributed by atoms with E-state index in [1.165, 1.54) is 6.20 Å². The summed E-state index contributed by atoms with van der Waals surface area (Å²) in [6.07, 6.45) is 2.23. The Morgan fingerprint density at radius 3 is 2.95 bits per heavy atom. The first-order valence-electron chi connectivity index (χ1n) is 5.76. The normalized spacial score (nSPS) is 10.4. The van der Waals surface area contributed by atoms with Crippen molar-refractivity contribution in [3.05, 3.63) is 33.9 Å². The molecule has 19 heavy (non-hydrogen) atoms. The molecule has 2 heterocycles. The van der Waals surface area contributed by atoms with Gasteiger partial charge in [0.25, 0.3) is 5.91 Å². The average Bonchev–Trinajstić information content (AvgIpc) is 2.77. The number of carbonyl (C=O) groups is 1. The van der Waals surface area contributed by atoms with Gasteiger partial charge in [0.15, 0.2) is 0 Å². The van der Waals surface area contributed by atoms with Crippen molar-refractivity contribution < 1.29 is 4.79 Å². The van der Waals surface area contributed by atoms with Crippen molar-refractivity contribution in [1.29, 1.82) is 0 Å². The zero-order valence-corrected chi connectivity index (χ0v) is 11.3. The van der Waals surface area contributed by atoms with Gasteiger partial charge in [-0.3, -0.25) is 4.79 Å². The second-order valence-corrected chi connectivity index (χ2v) is 5.02. The number of nitrogens with one attached hydrogen (secondary N) is 1. The lowest BCUT2D eigenvalue weighted by Gasteiger charge is -2.07. The van der Waals surface area contributed by atoms with E-state index in [0.717, 1.165) is 17.1 Å². The van der Waals surface area contributed by atoms with E-state index in [0.29, 0.717) is 12.4 Å². The van der Waals surface area contributed by atoms with Crippen LogP contribution in [0.2, 0.25) is 0 Å². The average molecular weight is 277 g/mol. The highest BCUT2D eigenvalue weighted by Gasteiger charge is 2.07. The number of carbonyl (C=O) groups excluding carboxylic acids is 1. The number of nitrogens with zero attached hydrogens (tertiary/aromatic N) is 2. The maximum atomic E-state index is 11.2. The monoisotopic (exact) mass is 277 g/mol. The molecule has 2 aromatic heterocycles. The summed E-state index contributed by atoms with van der Waals surface area (Å²) in [6, 6.07) is 1.56. The molecular weight excluding hydrogens is 262 g/mol. The van der Waals surface area contributed by atoms with Crippen LogP contribution in [-0.4, -0.2) is 22.4 Å². The van der Waals surface area contributed by atoms with Gasteiger partial charge in [-0.25, -0.2) is 9.97 Å². The SMILES string of the molecule is Cc1csc(CCNc2cc(C(N)=O)c(N)cn2)n1. The highest BCUT2D eigenvalue weighted by Crippen LogP contribution is 2.14. The number of aromatic nitrogens is 2. The highest BCUT2D eigenvalue weighted by molar-refractivity contribution is 7.09. The van der Waals surface area contributed by atoms with E-state index < -0.39 is 5.91 Å². The second-order valence-electron chi connectivity index (χ2n) is 4.08. The molecule has 0 radical (unpaired) electrons. The van der Waals surface area contributed by atoms with Crippen molar-refractivity contribution in [2.24, 2.45) is 5.73 Å². The number of thiazole rings is 1. The fourth-order valence-electron chi connectivity index (χ4n) is 1.59. The first kappa shape index (κ1) is 13.3. The molecule has 0 unspecified atom stereocenters. The Morgan fingerprint density at radius 2 is 2.32 bits per heavy atom. The third-order valence-electron chi connectivity index (χ3n) is 2.51. The number of anilines is 2. The number of nitrogens with two attached hydrogens (primary N) is 2. The van der Waals surface area contributed by atoms with Crippen molar-refractivity contribution in [3.8, 4) is 0 Å². The molecule has 0 fully saturated rings. The molecule has 0 bridgehead atoms. The number of rotatable bonds is 5. The minimum Gasteiger partial charge on any atom is -0.397 e. The zero-order chi connectivity index (χ0) is 13.8. The lowest BCUT2D eigenvalue weighted by atomic mass is 10.2. The summed E-state index contributed by atoms with van der Waals surface area (Å²) < 4.78 is 0. The molecule has 5 N–H and O–H groups in total. The van der Waals surface area contributed by atoms with Gasteiger partial charge < -0.3 is 16.8 Å². The molecule has 0 spiro atoms. The Morgan fingerprint density at radius 1 is 1.53 bits per heavy atom. The number of hydrogen-bond donors (Lipinski definition) is 3. The third kappa shape index (κ3) is 3.41. The number of primary amides is 1. The number of aryl methyl sites for hydroxylation is 1. The maximum absolute atomic E-state index is 11.2.